The Balaban J connectivity index is 0.000000185. The van der Waals surface area contributed by atoms with Crippen molar-refractivity contribution in [1.29, 1.82) is 0 Å². The summed E-state index contributed by atoms with van der Waals surface area (Å²) in [4.78, 5) is 10.1. The van der Waals surface area contributed by atoms with Crippen molar-refractivity contribution in [3.05, 3.63) is 83.0 Å². The fourth-order valence-corrected chi connectivity index (χ4v) is 10.6. The number of rotatable bonds is 3. The summed E-state index contributed by atoms with van der Waals surface area (Å²) in [5, 5.41) is 1.99. The van der Waals surface area contributed by atoms with E-state index in [1.54, 1.807) is 4.09 Å². The summed E-state index contributed by atoms with van der Waals surface area (Å²) < 4.78 is 1.69. The van der Waals surface area contributed by atoms with Crippen LogP contribution in [0.1, 0.15) is 6.42 Å². The maximum atomic E-state index is 10.1. The first-order valence-corrected chi connectivity index (χ1v) is 28.1. The molecular weight excluding hydrogens is 721 g/mol. The van der Waals surface area contributed by atoms with Gasteiger partial charge in [-0.2, -0.15) is 0 Å². The first kappa shape index (κ1) is 20.7. The molecule has 132 valence electrons. The van der Waals surface area contributed by atoms with E-state index < -0.39 is 15.1 Å². The molecule has 0 amide bonds. The summed E-state index contributed by atoms with van der Waals surface area (Å²) in [5.74, 6) is 0. The first-order valence-electron chi connectivity index (χ1n) is 7.27. The van der Waals surface area contributed by atoms with E-state index in [4.69, 9.17) is 0 Å². The number of hydrogen-bond acceptors (Lipinski definition) is 1. The monoisotopic (exact) mass is 744 g/mol. The second-order valence-corrected chi connectivity index (χ2v) is 65.0. The predicted octanol–water partition coefficient (Wildman–Crippen LogP) is 6.34. The molecule has 0 heterocycles. The predicted molar refractivity (Wildman–Crippen MR) is 123 cm³/mol. The molecule has 0 aliphatic heterocycles. The number of benzene rings is 2. The molecule has 0 bridgehead atoms. The van der Waals surface area contributed by atoms with E-state index in [0.29, 0.717) is 0 Å². The van der Waals surface area contributed by atoms with Crippen molar-refractivity contribution >= 4 is 57.9 Å². The Kier molecular flexibility index (Phi) is 7.66. The van der Waals surface area contributed by atoms with Crippen LogP contribution in [0.5, 0.6) is 0 Å². The van der Waals surface area contributed by atoms with E-state index >= 15 is 0 Å². The van der Waals surface area contributed by atoms with Crippen LogP contribution >= 0.6 is 47.3 Å². The molecule has 0 spiro atoms. The van der Waals surface area contributed by atoms with Gasteiger partial charge in [-0.3, -0.25) is 0 Å². The van der Waals surface area contributed by atoms with E-state index in [2.05, 4.69) is 68.3 Å². The summed E-state index contributed by atoms with van der Waals surface area (Å²) in [5.41, 5.74) is 4.88. The van der Waals surface area contributed by atoms with Crippen LogP contribution in [-0.2, 0) is 6.91 Å². The SMILES string of the molecule is OP(c1ccccc1)c1ccccc1.[CH3][Ir]([CH3])([I])([I])[C]1=CC=CC1. The van der Waals surface area contributed by atoms with Gasteiger partial charge in [0.2, 0.25) is 0 Å². The van der Waals surface area contributed by atoms with Gasteiger partial charge in [0.15, 0.2) is 0 Å². The van der Waals surface area contributed by atoms with Crippen LogP contribution in [-0.4, -0.2) is 4.89 Å². The second kappa shape index (κ2) is 8.87. The molecule has 0 fully saturated rings. The van der Waals surface area contributed by atoms with E-state index in [-0.39, 0.29) is 0 Å². The molecule has 2 aromatic rings. The molecule has 1 aliphatic rings. The zero-order chi connectivity index (χ0) is 17.7. The third-order valence-corrected chi connectivity index (χ3v) is 17.6. The molecule has 0 radical (unpaired) electrons. The fraction of sp³-hybridized carbons (Fsp3) is 0.158. The molecule has 1 nitrogen and oxygen atoms in total. The molecule has 0 saturated carbocycles. The first-order chi connectivity index (χ1) is 11.2. The molecule has 5 heteroatoms. The summed E-state index contributed by atoms with van der Waals surface area (Å²) in [6.45, 7) is -2.08. The van der Waals surface area contributed by atoms with Gasteiger partial charge in [-0.1, -0.05) is 60.7 Å². The molecular formula is C19H22I2IrOP. The zero-order valence-electron chi connectivity index (χ0n) is 13.7. The molecule has 0 aromatic heterocycles. The van der Waals surface area contributed by atoms with Crippen molar-refractivity contribution in [2.24, 2.45) is 0 Å². The van der Waals surface area contributed by atoms with Gasteiger partial charge in [-0.05, 0) is 0 Å². The van der Waals surface area contributed by atoms with Crippen molar-refractivity contribution in [2.45, 2.75) is 17.3 Å². The van der Waals surface area contributed by atoms with Crippen LogP contribution in [0.2, 0.25) is 10.9 Å². The Hall–Kier alpha value is 0.419. The van der Waals surface area contributed by atoms with Crippen molar-refractivity contribution in [1.82, 2.24) is 0 Å². The van der Waals surface area contributed by atoms with Gasteiger partial charge in [0.1, 0.15) is 0 Å². The Morgan fingerprint density at radius 1 is 0.875 bits per heavy atom. The van der Waals surface area contributed by atoms with E-state index in [0.717, 1.165) is 10.6 Å². The van der Waals surface area contributed by atoms with Gasteiger partial charge < -0.3 is 4.89 Å². The number of hydrogen-bond donors (Lipinski definition) is 1. The van der Waals surface area contributed by atoms with E-state index in [1.807, 2.05) is 60.7 Å². The van der Waals surface area contributed by atoms with Crippen LogP contribution < -0.4 is 10.6 Å². The van der Waals surface area contributed by atoms with Crippen LogP contribution in [0.3, 0.4) is 0 Å². The molecule has 3 rings (SSSR count). The Labute approximate surface area is 168 Å². The van der Waals surface area contributed by atoms with Gasteiger partial charge in [0, 0.05) is 10.6 Å². The van der Waals surface area contributed by atoms with Crippen LogP contribution in [0.4, 0.5) is 0 Å². The molecule has 0 saturated heterocycles. The average Bonchev–Trinajstić information content (AvgIpc) is 3.11. The summed E-state index contributed by atoms with van der Waals surface area (Å²) in [6, 6.07) is 19.5. The standard InChI is InChI=1S/C12H11OP.C5H5.2CH3.2HI.Ir/c13-14(11-7-3-1-4-8-11)12-9-5-2-6-10-12;1-2-4-5-3-1;;;;;/h1-10,13H;1-3H,4H2;2*1H3;2*1H;/q;;;;;;+2/p-2. The fourth-order valence-electron chi connectivity index (χ4n) is 2.04. The van der Waals surface area contributed by atoms with Crippen molar-refractivity contribution in [3.8, 4) is 0 Å². The maximum absolute atomic E-state index is 10.1. The average molecular weight is 743 g/mol. The van der Waals surface area contributed by atoms with Crippen molar-refractivity contribution in [2.75, 3.05) is 0 Å². The number of halogens is 2. The van der Waals surface area contributed by atoms with Crippen molar-refractivity contribution in [3.63, 3.8) is 0 Å². The molecule has 1 N–H and O–H groups in total. The van der Waals surface area contributed by atoms with Gasteiger partial charge in [-0.25, -0.2) is 0 Å². The van der Waals surface area contributed by atoms with Crippen LogP contribution in [0.15, 0.2) is 83.0 Å². The summed E-state index contributed by atoms with van der Waals surface area (Å²) >= 11 is 5.37. The van der Waals surface area contributed by atoms with Crippen molar-refractivity contribution < 1.29 is 11.8 Å². The van der Waals surface area contributed by atoms with E-state index in [9.17, 15) is 4.89 Å². The molecule has 2 aromatic carbocycles. The van der Waals surface area contributed by atoms with Gasteiger partial charge >= 0.3 is 85.7 Å². The normalized spacial score (nSPS) is 15.2. The van der Waals surface area contributed by atoms with Crippen LogP contribution in [0.25, 0.3) is 0 Å². The zero-order valence-corrected chi connectivity index (χ0v) is 21.3. The molecule has 1 aliphatic carbocycles. The van der Waals surface area contributed by atoms with Gasteiger partial charge in [0.05, 0.1) is 8.15 Å². The third kappa shape index (κ3) is 6.62. The number of allylic oxidation sites excluding steroid dienone is 4. The molecule has 24 heavy (non-hydrogen) atoms. The van der Waals surface area contributed by atoms with Crippen LogP contribution in [0, 0.1) is 0 Å². The molecule has 0 unspecified atom stereocenters. The van der Waals surface area contributed by atoms with Gasteiger partial charge in [-0.15, -0.1) is 0 Å². The Morgan fingerprint density at radius 2 is 1.33 bits per heavy atom. The quantitative estimate of drug-likeness (QED) is 0.288. The second-order valence-electron chi connectivity index (χ2n) is 5.54. The minimum atomic E-state index is -2.08. The Morgan fingerprint density at radius 3 is 1.62 bits per heavy atom. The molecule has 0 atom stereocenters. The topological polar surface area (TPSA) is 20.2 Å². The third-order valence-electron chi connectivity index (χ3n) is 3.30. The van der Waals surface area contributed by atoms with E-state index in [1.165, 1.54) is 6.42 Å². The van der Waals surface area contributed by atoms with Gasteiger partial charge in [0.25, 0.3) is 0 Å². The Bertz CT molecular complexity index is 673. The summed E-state index contributed by atoms with van der Waals surface area (Å²) in [6.07, 6.45) is 7.94. The minimum absolute atomic E-state index is 0.994. The summed E-state index contributed by atoms with van der Waals surface area (Å²) in [7, 11) is -1.17.